The Labute approximate surface area is 94.4 Å². The van der Waals surface area contributed by atoms with Crippen molar-refractivity contribution in [3.63, 3.8) is 0 Å². The highest BCUT2D eigenvalue weighted by Gasteiger charge is 2.10. The molecule has 0 unspecified atom stereocenters. The van der Waals surface area contributed by atoms with Crippen LogP contribution in [0.25, 0.3) is 0 Å². The molecule has 0 fully saturated rings. The van der Waals surface area contributed by atoms with Crippen molar-refractivity contribution in [2.75, 3.05) is 11.1 Å². The van der Waals surface area contributed by atoms with E-state index in [9.17, 15) is 9.18 Å². The van der Waals surface area contributed by atoms with E-state index in [4.69, 9.17) is 5.73 Å². The van der Waals surface area contributed by atoms with Crippen molar-refractivity contribution in [2.45, 2.75) is 0 Å². The molecule has 2 aromatic rings. The van der Waals surface area contributed by atoms with Crippen LogP contribution in [0.15, 0.2) is 24.4 Å². The monoisotopic (exact) mass is 238 g/mol. The van der Waals surface area contributed by atoms with Gasteiger partial charge in [-0.25, -0.2) is 4.39 Å². The lowest BCUT2D eigenvalue weighted by molar-refractivity contribution is 0.102. The third-order valence-electron chi connectivity index (χ3n) is 1.86. The van der Waals surface area contributed by atoms with Gasteiger partial charge in [-0.1, -0.05) is 0 Å². The minimum absolute atomic E-state index is 0.175. The van der Waals surface area contributed by atoms with Crippen LogP contribution in [0.5, 0.6) is 0 Å². The van der Waals surface area contributed by atoms with Gasteiger partial charge < -0.3 is 11.1 Å². The molecule has 0 saturated heterocycles. The van der Waals surface area contributed by atoms with E-state index in [1.54, 1.807) is 0 Å². The number of nitrogens with zero attached hydrogens (tertiary/aromatic N) is 2. The number of benzene rings is 1. The van der Waals surface area contributed by atoms with Crippen LogP contribution in [-0.4, -0.2) is 14.7 Å². The molecule has 82 valence electrons. The normalized spacial score (nSPS) is 10.1. The number of halogens is 1. The van der Waals surface area contributed by atoms with Crippen LogP contribution >= 0.6 is 11.7 Å². The molecule has 0 aliphatic rings. The molecule has 0 spiro atoms. The van der Waals surface area contributed by atoms with Crippen molar-refractivity contribution in [1.82, 2.24) is 8.75 Å². The molecule has 2 rings (SSSR count). The van der Waals surface area contributed by atoms with E-state index in [1.165, 1.54) is 18.3 Å². The van der Waals surface area contributed by atoms with E-state index >= 15 is 0 Å². The maximum atomic E-state index is 12.9. The number of nitrogens with one attached hydrogen (secondary N) is 1. The van der Waals surface area contributed by atoms with E-state index in [2.05, 4.69) is 14.1 Å². The van der Waals surface area contributed by atoms with E-state index in [-0.39, 0.29) is 17.1 Å². The third-order valence-corrected chi connectivity index (χ3v) is 2.34. The molecule has 0 aliphatic heterocycles. The van der Waals surface area contributed by atoms with Gasteiger partial charge in [-0.2, -0.15) is 8.75 Å². The minimum Gasteiger partial charge on any atom is -0.397 e. The Kier molecular flexibility index (Phi) is 2.78. The van der Waals surface area contributed by atoms with Crippen LogP contribution in [-0.2, 0) is 0 Å². The second-order valence-electron chi connectivity index (χ2n) is 2.98. The van der Waals surface area contributed by atoms with Crippen LogP contribution in [0, 0.1) is 5.82 Å². The molecule has 1 aromatic heterocycles. The third kappa shape index (κ3) is 2.14. The molecule has 7 heteroatoms. The topological polar surface area (TPSA) is 80.9 Å². The summed E-state index contributed by atoms with van der Waals surface area (Å²) < 4.78 is 20.3. The van der Waals surface area contributed by atoms with E-state index in [1.807, 2.05) is 0 Å². The standard InChI is InChI=1S/C9H7FN4OS/c10-5-1-2-6(11)7(3-5)13-9(15)8-4-12-16-14-8/h1-4H,11H2,(H,13,15). The molecule has 0 atom stereocenters. The lowest BCUT2D eigenvalue weighted by atomic mass is 10.2. The van der Waals surface area contributed by atoms with Crippen molar-refractivity contribution in [3.05, 3.63) is 35.9 Å². The maximum Gasteiger partial charge on any atom is 0.277 e. The number of carbonyl (C=O) groups excluding carboxylic acids is 1. The zero-order chi connectivity index (χ0) is 11.5. The molecular formula is C9H7FN4OS. The van der Waals surface area contributed by atoms with Gasteiger partial charge in [0.25, 0.3) is 5.91 Å². The first-order valence-corrected chi connectivity index (χ1v) is 5.04. The van der Waals surface area contributed by atoms with Crippen LogP contribution in [0.4, 0.5) is 15.8 Å². The molecule has 1 aromatic carbocycles. The fourth-order valence-electron chi connectivity index (χ4n) is 1.09. The molecule has 5 nitrogen and oxygen atoms in total. The van der Waals surface area contributed by atoms with Gasteiger partial charge in [0.15, 0.2) is 5.69 Å². The van der Waals surface area contributed by atoms with Crippen molar-refractivity contribution in [2.24, 2.45) is 0 Å². The summed E-state index contributed by atoms with van der Waals surface area (Å²) in [7, 11) is 0. The average Bonchev–Trinajstić information content (AvgIpc) is 2.76. The Balaban J connectivity index is 2.21. The summed E-state index contributed by atoms with van der Waals surface area (Å²) >= 11 is 0.920. The minimum atomic E-state index is -0.471. The SMILES string of the molecule is Nc1ccc(F)cc1NC(=O)c1cnsn1. The van der Waals surface area contributed by atoms with Crippen LogP contribution in [0.3, 0.4) is 0 Å². The van der Waals surface area contributed by atoms with Gasteiger partial charge in [0.1, 0.15) is 5.82 Å². The molecule has 1 heterocycles. The molecule has 0 radical (unpaired) electrons. The zero-order valence-electron chi connectivity index (χ0n) is 7.98. The number of nitrogen functional groups attached to an aromatic ring is 1. The van der Waals surface area contributed by atoms with Gasteiger partial charge in [0.2, 0.25) is 0 Å². The Hall–Kier alpha value is -2.02. The number of carbonyl (C=O) groups is 1. The molecule has 0 aliphatic carbocycles. The predicted octanol–water partition coefficient (Wildman–Crippen LogP) is 1.51. The number of amides is 1. The Morgan fingerprint density at radius 1 is 1.50 bits per heavy atom. The highest BCUT2D eigenvalue weighted by molar-refractivity contribution is 6.99. The van der Waals surface area contributed by atoms with Gasteiger partial charge in [-0.15, -0.1) is 0 Å². The van der Waals surface area contributed by atoms with E-state index in [0.29, 0.717) is 0 Å². The summed E-state index contributed by atoms with van der Waals surface area (Å²) in [4.78, 5) is 11.6. The van der Waals surface area contributed by atoms with Gasteiger partial charge in [-0.05, 0) is 18.2 Å². The second kappa shape index (κ2) is 4.23. The fraction of sp³-hybridized carbons (Fsp3) is 0. The molecule has 16 heavy (non-hydrogen) atoms. The van der Waals surface area contributed by atoms with E-state index in [0.717, 1.165) is 17.8 Å². The molecular weight excluding hydrogens is 231 g/mol. The summed E-state index contributed by atoms with van der Waals surface area (Å²) in [6, 6.07) is 3.74. The maximum absolute atomic E-state index is 12.9. The first kappa shape index (κ1) is 10.5. The summed E-state index contributed by atoms with van der Waals surface area (Å²) in [5.74, 6) is -0.938. The number of anilines is 2. The number of rotatable bonds is 2. The van der Waals surface area contributed by atoms with Gasteiger partial charge in [0, 0.05) is 0 Å². The summed E-state index contributed by atoms with van der Waals surface area (Å²) in [5.41, 5.74) is 6.26. The van der Waals surface area contributed by atoms with Gasteiger partial charge >= 0.3 is 0 Å². The second-order valence-corrected chi connectivity index (χ2v) is 3.54. The lowest BCUT2D eigenvalue weighted by Gasteiger charge is -2.06. The van der Waals surface area contributed by atoms with E-state index < -0.39 is 11.7 Å². The Morgan fingerprint density at radius 3 is 3.00 bits per heavy atom. The predicted molar refractivity (Wildman–Crippen MR) is 58.7 cm³/mol. The molecule has 0 saturated carbocycles. The number of aromatic nitrogens is 2. The summed E-state index contributed by atoms with van der Waals surface area (Å²) in [6.07, 6.45) is 1.33. The Bertz CT molecular complexity index is 514. The fourth-order valence-corrected chi connectivity index (χ4v) is 1.50. The van der Waals surface area contributed by atoms with Gasteiger partial charge in [0.05, 0.1) is 29.3 Å². The molecule has 0 bridgehead atoms. The molecule has 3 N–H and O–H groups in total. The first-order valence-electron chi connectivity index (χ1n) is 4.31. The smallest absolute Gasteiger partial charge is 0.277 e. The highest BCUT2D eigenvalue weighted by Crippen LogP contribution is 2.19. The summed E-state index contributed by atoms with van der Waals surface area (Å²) in [5, 5.41) is 2.45. The lowest BCUT2D eigenvalue weighted by Crippen LogP contribution is -2.13. The van der Waals surface area contributed by atoms with Crippen molar-refractivity contribution in [3.8, 4) is 0 Å². The van der Waals surface area contributed by atoms with Crippen molar-refractivity contribution in [1.29, 1.82) is 0 Å². The highest BCUT2D eigenvalue weighted by atomic mass is 32.1. The summed E-state index contributed by atoms with van der Waals surface area (Å²) in [6.45, 7) is 0. The number of hydrogen-bond donors (Lipinski definition) is 2. The van der Waals surface area contributed by atoms with Crippen molar-refractivity contribution >= 4 is 29.0 Å². The van der Waals surface area contributed by atoms with Crippen molar-refractivity contribution < 1.29 is 9.18 Å². The molecule has 1 amide bonds. The quantitative estimate of drug-likeness (QED) is 0.777. The first-order chi connectivity index (χ1) is 7.66. The van der Waals surface area contributed by atoms with Crippen LogP contribution in [0.1, 0.15) is 10.5 Å². The number of nitrogens with two attached hydrogens (primary N) is 1. The average molecular weight is 238 g/mol. The zero-order valence-corrected chi connectivity index (χ0v) is 8.79. The van der Waals surface area contributed by atoms with Gasteiger partial charge in [-0.3, -0.25) is 4.79 Å². The largest absolute Gasteiger partial charge is 0.397 e. The number of hydrogen-bond acceptors (Lipinski definition) is 5. The van der Waals surface area contributed by atoms with Crippen LogP contribution < -0.4 is 11.1 Å². The Morgan fingerprint density at radius 2 is 2.31 bits per heavy atom. The van der Waals surface area contributed by atoms with Crippen LogP contribution in [0.2, 0.25) is 0 Å².